The Hall–Kier alpha value is -3.06. The molecule has 2 aromatic rings. The van der Waals surface area contributed by atoms with Gasteiger partial charge in [0, 0.05) is 34.0 Å². The van der Waals surface area contributed by atoms with Crippen molar-refractivity contribution < 1.29 is 27.5 Å². The molecule has 3 aliphatic rings. The van der Waals surface area contributed by atoms with Crippen LogP contribution >= 0.6 is 22.9 Å². The number of benzene rings is 1. The normalized spacial score (nSPS) is 25.6. The number of hydrogen-bond donors (Lipinski definition) is 2. The molecular formula is C29H33ClN4O6S2. The molecule has 1 aromatic carbocycles. The second-order valence-corrected chi connectivity index (χ2v) is 13.8. The first-order valence-electron chi connectivity index (χ1n) is 13.9. The average molecular weight is 633 g/mol. The predicted octanol–water partition coefficient (Wildman–Crippen LogP) is 3.71. The molecule has 1 fully saturated rings. The Kier molecular flexibility index (Phi) is 9.17. The number of aromatic nitrogens is 1. The summed E-state index contributed by atoms with van der Waals surface area (Å²) in [6.07, 6.45) is 9.41. The number of allylic oxidation sites excluding steroid dienone is 2. The number of thiazole rings is 1. The van der Waals surface area contributed by atoms with Crippen LogP contribution in [0.5, 0.6) is 0 Å². The van der Waals surface area contributed by atoms with Crippen molar-refractivity contribution in [1.82, 2.24) is 19.9 Å². The number of amides is 2. The number of rotatable bonds is 9. The Morgan fingerprint density at radius 3 is 2.69 bits per heavy atom. The standard InChI is InChI=1S/C29H33ClN4O6S2/c1-3-40-29(37)22-16-41-24(32-22)15-31-27(35)25-19-8-4-5-9-20(19)28(36)34(26(25)17-12-13-18(30)14-17)23-11-7-6-10-21(23)33-42(2,38)39/h4-5,8-9,12-14,16-17,21,23,25-26,33H,3,6-7,10-11,15H2,1-2H3,(H,31,35)/t17?,21-,23-,25+,26?/m0/s1. The number of nitrogens with zero attached hydrogens (tertiary/aromatic N) is 2. The second kappa shape index (κ2) is 12.7. The van der Waals surface area contributed by atoms with Gasteiger partial charge >= 0.3 is 5.97 Å². The molecule has 224 valence electrons. The first kappa shape index (κ1) is 30.4. The molecule has 42 heavy (non-hydrogen) atoms. The number of ether oxygens (including phenoxy) is 1. The highest BCUT2D eigenvalue weighted by molar-refractivity contribution is 7.88. The highest BCUT2D eigenvalue weighted by atomic mass is 35.5. The van der Waals surface area contributed by atoms with Gasteiger partial charge in [0.1, 0.15) is 5.01 Å². The second-order valence-electron chi connectivity index (χ2n) is 10.7. The summed E-state index contributed by atoms with van der Waals surface area (Å²) in [5, 5.41) is 5.61. The molecule has 5 rings (SSSR count). The summed E-state index contributed by atoms with van der Waals surface area (Å²) < 4.78 is 32.4. The molecule has 1 aromatic heterocycles. The fraction of sp³-hybridized carbons (Fsp3) is 0.448. The highest BCUT2D eigenvalue weighted by Gasteiger charge is 2.50. The van der Waals surface area contributed by atoms with Gasteiger partial charge in [-0.2, -0.15) is 0 Å². The summed E-state index contributed by atoms with van der Waals surface area (Å²) in [7, 11) is -3.55. The molecule has 0 radical (unpaired) electrons. The molecule has 1 saturated carbocycles. The fourth-order valence-electron chi connectivity index (χ4n) is 6.19. The van der Waals surface area contributed by atoms with Crippen LogP contribution in [-0.4, -0.2) is 67.1 Å². The van der Waals surface area contributed by atoms with E-state index in [0.29, 0.717) is 34.0 Å². The van der Waals surface area contributed by atoms with E-state index in [1.54, 1.807) is 47.5 Å². The van der Waals surface area contributed by atoms with Crippen molar-refractivity contribution >= 4 is 50.7 Å². The molecule has 0 spiro atoms. The van der Waals surface area contributed by atoms with E-state index < -0.39 is 40.0 Å². The summed E-state index contributed by atoms with van der Waals surface area (Å²) in [6.45, 7) is 2.03. The summed E-state index contributed by atoms with van der Waals surface area (Å²) in [4.78, 5) is 46.4. The molecule has 2 unspecified atom stereocenters. The fourth-order valence-corrected chi connectivity index (χ4v) is 7.93. The minimum atomic E-state index is -3.55. The van der Waals surface area contributed by atoms with E-state index in [4.69, 9.17) is 16.3 Å². The van der Waals surface area contributed by atoms with Crippen molar-refractivity contribution in [3.05, 3.63) is 74.7 Å². The van der Waals surface area contributed by atoms with Gasteiger partial charge in [0.05, 0.1) is 31.4 Å². The zero-order valence-electron chi connectivity index (χ0n) is 23.3. The van der Waals surface area contributed by atoms with Crippen molar-refractivity contribution in [2.24, 2.45) is 5.92 Å². The lowest BCUT2D eigenvalue weighted by molar-refractivity contribution is -0.125. The number of nitrogens with one attached hydrogen (secondary N) is 2. The molecule has 0 saturated heterocycles. The van der Waals surface area contributed by atoms with Gasteiger partial charge in [0.15, 0.2) is 5.69 Å². The maximum absolute atomic E-state index is 14.2. The monoisotopic (exact) mass is 632 g/mol. The van der Waals surface area contributed by atoms with E-state index in [1.165, 1.54) is 11.3 Å². The van der Waals surface area contributed by atoms with Crippen molar-refractivity contribution in [2.45, 2.75) is 63.2 Å². The SMILES string of the molecule is CCOC(=O)c1csc(CNC(=O)[C@@H]2c3ccccc3C(=O)N([C@H]3CCCC[C@@H]3NS(C)(=O)=O)C2C2C=CC(Cl)=C2)n1. The largest absolute Gasteiger partial charge is 0.461 e. The average Bonchev–Trinajstić information content (AvgIpc) is 3.61. The van der Waals surface area contributed by atoms with Crippen LogP contribution in [0.3, 0.4) is 0 Å². The molecule has 2 heterocycles. The van der Waals surface area contributed by atoms with E-state index in [0.717, 1.165) is 19.1 Å². The van der Waals surface area contributed by atoms with Crippen LogP contribution in [0.4, 0.5) is 0 Å². The summed E-state index contributed by atoms with van der Waals surface area (Å²) in [5.41, 5.74) is 1.19. The Morgan fingerprint density at radius 1 is 1.21 bits per heavy atom. The third kappa shape index (κ3) is 6.46. The van der Waals surface area contributed by atoms with E-state index >= 15 is 0 Å². The lowest BCUT2D eigenvalue weighted by Crippen LogP contribution is -2.63. The third-order valence-corrected chi connectivity index (χ3v) is 9.66. The Balaban J connectivity index is 1.52. The molecular weight excluding hydrogens is 600 g/mol. The Labute approximate surface area is 254 Å². The Bertz CT molecular complexity index is 1540. The molecule has 2 N–H and O–H groups in total. The van der Waals surface area contributed by atoms with Crippen molar-refractivity contribution in [2.75, 3.05) is 12.9 Å². The predicted molar refractivity (Wildman–Crippen MR) is 160 cm³/mol. The zero-order valence-corrected chi connectivity index (χ0v) is 25.7. The van der Waals surface area contributed by atoms with Crippen LogP contribution in [0.1, 0.15) is 69.9 Å². The third-order valence-electron chi connectivity index (χ3n) is 7.83. The smallest absolute Gasteiger partial charge is 0.357 e. The van der Waals surface area contributed by atoms with Gasteiger partial charge in [-0.3, -0.25) is 9.59 Å². The number of esters is 1. The highest BCUT2D eigenvalue weighted by Crippen LogP contribution is 2.43. The van der Waals surface area contributed by atoms with Gasteiger partial charge in [-0.25, -0.2) is 22.9 Å². The van der Waals surface area contributed by atoms with Crippen LogP contribution in [0, 0.1) is 5.92 Å². The van der Waals surface area contributed by atoms with Crippen LogP contribution in [0.2, 0.25) is 0 Å². The first-order chi connectivity index (χ1) is 20.1. The van der Waals surface area contributed by atoms with Gasteiger partial charge < -0.3 is 15.0 Å². The maximum Gasteiger partial charge on any atom is 0.357 e. The first-order valence-corrected chi connectivity index (χ1v) is 17.1. The van der Waals surface area contributed by atoms with Gasteiger partial charge in [-0.15, -0.1) is 11.3 Å². The summed E-state index contributed by atoms with van der Waals surface area (Å²) in [5.74, 6) is -2.23. The van der Waals surface area contributed by atoms with Crippen molar-refractivity contribution in [3.63, 3.8) is 0 Å². The minimum Gasteiger partial charge on any atom is -0.461 e. The molecule has 5 atom stereocenters. The van der Waals surface area contributed by atoms with Crippen molar-refractivity contribution in [1.29, 1.82) is 0 Å². The van der Waals surface area contributed by atoms with Crippen LogP contribution in [-0.2, 0) is 26.1 Å². The number of fused-ring (bicyclic) bond motifs is 1. The van der Waals surface area contributed by atoms with Gasteiger partial charge in [-0.05, 0) is 37.5 Å². The lowest BCUT2D eigenvalue weighted by Gasteiger charge is -2.50. The number of carbonyl (C=O) groups is 3. The maximum atomic E-state index is 14.2. The minimum absolute atomic E-state index is 0.0844. The van der Waals surface area contributed by atoms with E-state index in [9.17, 15) is 22.8 Å². The summed E-state index contributed by atoms with van der Waals surface area (Å²) in [6, 6.07) is 5.46. The molecule has 13 heteroatoms. The topological polar surface area (TPSA) is 135 Å². The van der Waals surface area contributed by atoms with Crippen LogP contribution in [0.25, 0.3) is 0 Å². The zero-order chi connectivity index (χ0) is 30.0. The molecule has 2 amide bonds. The number of halogens is 1. The number of carbonyl (C=O) groups excluding carboxylic acids is 3. The summed E-state index contributed by atoms with van der Waals surface area (Å²) >= 11 is 7.60. The molecule has 1 aliphatic heterocycles. The molecule has 10 nitrogen and oxygen atoms in total. The molecule has 0 bridgehead atoms. The van der Waals surface area contributed by atoms with Gasteiger partial charge in [0.2, 0.25) is 15.9 Å². The number of hydrogen-bond acceptors (Lipinski definition) is 8. The Morgan fingerprint density at radius 2 is 1.98 bits per heavy atom. The number of sulfonamides is 1. The quantitative estimate of drug-likeness (QED) is 0.403. The van der Waals surface area contributed by atoms with E-state index in [-0.39, 0.29) is 36.6 Å². The van der Waals surface area contributed by atoms with Crippen molar-refractivity contribution in [3.8, 4) is 0 Å². The van der Waals surface area contributed by atoms with Crippen LogP contribution in [0.15, 0.2) is 52.9 Å². The van der Waals surface area contributed by atoms with Gasteiger partial charge in [0.25, 0.3) is 5.91 Å². The van der Waals surface area contributed by atoms with Crippen LogP contribution < -0.4 is 10.0 Å². The lowest BCUT2D eigenvalue weighted by atomic mass is 9.74. The van der Waals surface area contributed by atoms with Gasteiger partial charge in [-0.1, -0.05) is 54.8 Å². The molecule has 2 aliphatic carbocycles. The van der Waals surface area contributed by atoms with E-state index in [2.05, 4.69) is 15.0 Å². The van der Waals surface area contributed by atoms with E-state index in [1.807, 2.05) is 12.2 Å².